The van der Waals surface area contributed by atoms with Gasteiger partial charge in [0.15, 0.2) is 0 Å². The van der Waals surface area contributed by atoms with Crippen molar-refractivity contribution in [2.75, 3.05) is 18.1 Å². The largest absolute Gasteiger partial charge is 0.312 e. The van der Waals surface area contributed by atoms with Gasteiger partial charge in [-0.3, -0.25) is 14.4 Å². The van der Waals surface area contributed by atoms with Crippen molar-refractivity contribution in [3.8, 4) is 0 Å². The Balaban J connectivity index is 2.09. The Morgan fingerprint density at radius 1 is 1.48 bits per heavy atom. The summed E-state index contributed by atoms with van der Waals surface area (Å²) in [5.41, 5.74) is 4.42. The zero-order valence-electron chi connectivity index (χ0n) is 12.8. The molecule has 0 bridgehead atoms. The van der Waals surface area contributed by atoms with Gasteiger partial charge in [-0.25, -0.2) is 5.48 Å². The summed E-state index contributed by atoms with van der Waals surface area (Å²) in [5, 5.41) is 0. The Kier molecular flexibility index (Phi) is 4.96. The first-order valence-electron chi connectivity index (χ1n) is 7.35. The number of carbonyl (C=O) groups is 2. The number of anilines is 1. The minimum Gasteiger partial charge on any atom is -0.312 e. The molecule has 1 heterocycles. The lowest BCUT2D eigenvalue weighted by molar-refractivity contribution is -0.137. The lowest BCUT2D eigenvalue weighted by Crippen LogP contribution is -2.33. The third-order valence-electron chi connectivity index (χ3n) is 3.66. The van der Waals surface area contributed by atoms with Gasteiger partial charge < -0.3 is 4.90 Å². The summed E-state index contributed by atoms with van der Waals surface area (Å²) < 4.78 is 0. The number of rotatable bonds is 5. The van der Waals surface area contributed by atoms with E-state index in [1.807, 2.05) is 24.3 Å². The molecule has 0 unspecified atom stereocenters. The predicted octanol–water partition coefficient (Wildman–Crippen LogP) is 2.23. The number of hydrogen-bond acceptors (Lipinski definition) is 3. The van der Waals surface area contributed by atoms with Gasteiger partial charge in [-0.05, 0) is 30.5 Å². The van der Waals surface area contributed by atoms with Crippen LogP contribution in [0.5, 0.6) is 0 Å². The van der Waals surface area contributed by atoms with Gasteiger partial charge in [0, 0.05) is 18.7 Å². The Morgan fingerprint density at radius 2 is 2.24 bits per heavy atom. The first kappa shape index (κ1) is 15.5. The van der Waals surface area contributed by atoms with E-state index in [0.717, 1.165) is 5.69 Å². The maximum Gasteiger partial charge on any atom is 0.248 e. The second-order valence-electron chi connectivity index (χ2n) is 5.55. The summed E-state index contributed by atoms with van der Waals surface area (Å²) in [7, 11) is 0. The molecule has 1 aromatic rings. The lowest BCUT2D eigenvalue weighted by Gasteiger charge is -2.18. The van der Waals surface area contributed by atoms with E-state index in [1.165, 1.54) is 5.56 Å². The predicted molar refractivity (Wildman–Crippen MR) is 80.8 cm³/mol. The maximum atomic E-state index is 12.1. The average Bonchev–Trinajstić information content (AvgIpc) is 2.87. The van der Waals surface area contributed by atoms with Gasteiger partial charge in [0.1, 0.15) is 0 Å². The normalized spacial score (nSPS) is 18.4. The molecular weight excluding hydrogens is 268 g/mol. The molecule has 1 N–H and O–H groups in total. The van der Waals surface area contributed by atoms with E-state index < -0.39 is 0 Å². The summed E-state index contributed by atoms with van der Waals surface area (Å²) in [6, 6.07) is 7.93. The zero-order valence-corrected chi connectivity index (χ0v) is 12.8. The fraction of sp³-hybridized carbons (Fsp3) is 0.500. The Morgan fingerprint density at radius 3 is 2.90 bits per heavy atom. The van der Waals surface area contributed by atoms with Crippen LogP contribution in [-0.4, -0.2) is 25.0 Å². The van der Waals surface area contributed by atoms with Crippen LogP contribution in [0.3, 0.4) is 0 Å². The molecule has 1 fully saturated rings. The highest BCUT2D eigenvalue weighted by Gasteiger charge is 2.35. The highest BCUT2D eigenvalue weighted by atomic mass is 16.6. The Labute approximate surface area is 125 Å². The smallest absolute Gasteiger partial charge is 0.248 e. The third kappa shape index (κ3) is 3.61. The van der Waals surface area contributed by atoms with E-state index in [2.05, 4.69) is 19.3 Å². The second-order valence-corrected chi connectivity index (χ2v) is 5.55. The fourth-order valence-corrected chi connectivity index (χ4v) is 2.41. The number of nitrogens with zero attached hydrogens (tertiary/aromatic N) is 1. The van der Waals surface area contributed by atoms with E-state index in [-0.39, 0.29) is 24.2 Å². The van der Waals surface area contributed by atoms with Gasteiger partial charge in [0.2, 0.25) is 11.8 Å². The molecule has 2 rings (SSSR count). The summed E-state index contributed by atoms with van der Waals surface area (Å²) in [5.74, 6) is -0.202. The number of carbonyl (C=O) groups excluding carboxylic acids is 2. The molecular formula is C16H22N2O3. The van der Waals surface area contributed by atoms with Gasteiger partial charge in [-0.2, -0.15) is 0 Å². The molecule has 1 saturated heterocycles. The van der Waals surface area contributed by atoms with Crippen LogP contribution in [0.25, 0.3) is 0 Å². The van der Waals surface area contributed by atoms with E-state index in [4.69, 9.17) is 4.84 Å². The summed E-state index contributed by atoms with van der Waals surface area (Å²) in [6.07, 6.45) is 0.227. The molecule has 0 radical (unpaired) electrons. The zero-order chi connectivity index (χ0) is 15.4. The van der Waals surface area contributed by atoms with Crippen molar-refractivity contribution in [3.63, 3.8) is 0 Å². The quantitative estimate of drug-likeness (QED) is 0.846. The monoisotopic (exact) mass is 290 g/mol. The summed E-state index contributed by atoms with van der Waals surface area (Å²) >= 11 is 0. The van der Waals surface area contributed by atoms with Crippen LogP contribution in [0, 0.1) is 5.92 Å². The second kappa shape index (κ2) is 6.72. The SMILES string of the molecule is CCONC(=O)[C@@H]1CC(=O)N(c2cccc(C(C)C)c2)C1. The number of nitrogens with one attached hydrogen (secondary N) is 1. The standard InChI is InChI=1S/C16H22N2O3/c1-4-21-17-16(20)13-9-15(19)18(10-13)14-7-5-6-12(8-14)11(2)3/h5-8,11,13H,4,9-10H2,1-3H3,(H,17,20)/t13-/m1/s1. The molecule has 0 spiro atoms. The molecule has 0 aromatic heterocycles. The topological polar surface area (TPSA) is 58.6 Å². The Hall–Kier alpha value is -1.88. The van der Waals surface area contributed by atoms with Crippen LogP contribution in [0.2, 0.25) is 0 Å². The van der Waals surface area contributed by atoms with E-state index in [0.29, 0.717) is 19.1 Å². The third-order valence-corrected chi connectivity index (χ3v) is 3.66. The van der Waals surface area contributed by atoms with Gasteiger partial charge in [0.05, 0.1) is 12.5 Å². The summed E-state index contributed by atoms with van der Waals surface area (Å²) in [6.45, 7) is 6.84. The molecule has 0 aliphatic carbocycles. The molecule has 5 heteroatoms. The van der Waals surface area contributed by atoms with Gasteiger partial charge >= 0.3 is 0 Å². The number of hydroxylamine groups is 1. The molecule has 2 amide bonds. The minimum atomic E-state index is -0.355. The highest BCUT2D eigenvalue weighted by Crippen LogP contribution is 2.27. The fourth-order valence-electron chi connectivity index (χ4n) is 2.41. The number of amides is 2. The van der Waals surface area contributed by atoms with Crippen molar-refractivity contribution in [2.24, 2.45) is 5.92 Å². The summed E-state index contributed by atoms with van der Waals surface area (Å²) in [4.78, 5) is 30.6. The van der Waals surface area contributed by atoms with Crippen molar-refractivity contribution in [2.45, 2.75) is 33.1 Å². The Bertz CT molecular complexity index is 528. The van der Waals surface area contributed by atoms with Crippen molar-refractivity contribution in [1.29, 1.82) is 0 Å². The molecule has 0 saturated carbocycles. The average molecular weight is 290 g/mol. The minimum absolute atomic E-state index is 0.0208. The molecule has 1 aromatic carbocycles. The first-order valence-corrected chi connectivity index (χ1v) is 7.35. The van der Waals surface area contributed by atoms with Gasteiger partial charge in [-0.1, -0.05) is 26.0 Å². The van der Waals surface area contributed by atoms with Crippen molar-refractivity contribution >= 4 is 17.5 Å². The van der Waals surface area contributed by atoms with Crippen LogP contribution >= 0.6 is 0 Å². The van der Waals surface area contributed by atoms with Crippen LogP contribution in [0.1, 0.15) is 38.7 Å². The van der Waals surface area contributed by atoms with Crippen molar-refractivity contribution < 1.29 is 14.4 Å². The van der Waals surface area contributed by atoms with Gasteiger partial charge in [0.25, 0.3) is 0 Å². The van der Waals surface area contributed by atoms with Crippen LogP contribution in [0.15, 0.2) is 24.3 Å². The first-order chi connectivity index (χ1) is 10.0. The van der Waals surface area contributed by atoms with E-state index >= 15 is 0 Å². The van der Waals surface area contributed by atoms with Crippen LogP contribution < -0.4 is 10.4 Å². The number of hydrogen-bond donors (Lipinski definition) is 1. The lowest BCUT2D eigenvalue weighted by atomic mass is 10.0. The van der Waals surface area contributed by atoms with Crippen LogP contribution in [0.4, 0.5) is 5.69 Å². The molecule has 1 aliphatic rings. The van der Waals surface area contributed by atoms with Crippen LogP contribution in [-0.2, 0) is 14.4 Å². The van der Waals surface area contributed by atoms with E-state index in [9.17, 15) is 9.59 Å². The molecule has 1 aliphatic heterocycles. The van der Waals surface area contributed by atoms with E-state index in [1.54, 1.807) is 11.8 Å². The van der Waals surface area contributed by atoms with Crippen molar-refractivity contribution in [3.05, 3.63) is 29.8 Å². The maximum absolute atomic E-state index is 12.1. The molecule has 5 nitrogen and oxygen atoms in total. The highest BCUT2D eigenvalue weighted by molar-refractivity contribution is 6.00. The van der Waals surface area contributed by atoms with Crippen molar-refractivity contribution in [1.82, 2.24) is 5.48 Å². The molecule has 21 heavy (non-hydrogen) atoms. The molecule has 114 valence electrons. The number of benzene rings is 1. The van der Waals surface area contributed by atoms with Gasteiger partial charge in [-0.15, -0.1) is 0 Å². The molecule has 1 atom stereocenters.